The van der Waals surface area contributed by atoms with E-state index in [1.165, 1.54) is 17.7 Å². The zero-order chi connectivity index (χ0) is 23.8. The Balaban J connectivity index is 1.48. The monoisotopic (exact) mass is 468 g/mol. The number of rotatable bonds is 10. The lowest BCUT2D eigenvalue weighted by Gasteiger charge is -2.10. The molecule has 0 fully saturated rings. The van der Waals surface area contributed by atoms with Crippen LogP contribution in [0, 0.1) is 13.8 Å². The Morgan fingerprint density at radius 1 is 0.970 bits per heavy atom. The van der Waals surface area contributed by atoms with Gasteiger partial charge in [-0.1, -0.05) is 19.1 Å². The van der Waals surface area contributed by atoms with Gasteiger partial charge >= 0.3 is 0 Å². The van der Waals surface area contributed by atoms with Crippen molar-refractivity contribution < 1.29 is 17.9 Å². The lowest BCUT2D eigenvalue weighted by Crippen LogP contribution is -2.16. The van der Waals surface area contributed by atoms with Crippen LogP contribution in [0.15, 0.2) is 59.5 Å². The van der Waals surface area contributed by atoms with E-state index < -0.39 is 10.0 Å². The first-order valence-electron chi connectivity index (χ1n) is 10.7. The van der Waals surface area contributed by atoms with Crippen molar-refractivity contribution in [3.63, 3.8) is 0 Å². The summed E-state index contributed by atoms with van der Waals surface area (Å²) in [7, 11) is -3.84. The molecular weight excluding hydrogens is 440 g/mol. The summed E-state index contributed by atoms with van der Waals surface area (Å²) in [6.07, 6.45) is 1.83. The van der Waals surface area contributed by atoms with E-state index in [1.807, 2.05) is 24.3 Å². The highest BCUT2D eigenvalue weighted by molar-refractivity contribution is 7.92. The van der Waals surface area contributed by atoms with E-state index >= 15 is 0 Å². The zero-order valence-electron chi connectivity index (χ0n) is 19.0. The van der Waals surface area contributed by atoms with Crippen molar-refractivity contribution in [2.75, 3.05) is 16.6 Å². The second-order valence-corrected chi connectivity index (χ2v) is 9.28. The van der Waals surface area contributed by atoms with Gasteiger partial charge in [0.2, 0.25) is 11.9 Å². The Morgan fingerprint density at radius 3 is 2.21 bits per heavy atom. The van der Waals surface area contributed by atoms with E-state index in [2.05, 4.69) is 26.9 Å². The van der Waals surface area contributed by atoms with Gasteiger partial charge in [-0.2, -0.15) is 0 Å². The second kappa shape index (κ2) is 10.9. The fourth-order valence-electron chi connectivity index (χ4n) is 3.14. The zero-order valence-corrected chi connectivity index (χ0v) is 19.8. The fraction of sp³-hybridized carbons (Fsp3) is 0.292. The van der Waals surface area contributed by atoms with Gasteiger partial charge < -0.3 is 10.1 Å². The van der Waals surface area contributed by atoms with Crippen molar-refractivity contribution in [1.82, 2.24) is 9.97 Å². The number of aryl methyl sites for hydroxylation is 3. The molecule has 1 heterocycles. The Bertz CT molecular complexity index is 1170. The molecule has 0 unspecified atom stereocenters. The van der Waals surface area contributed by atoms with E-state index in [4.69, 9.17) is 4.74 Å². The molecule has 174 valence electrons. The predicted molar refractivity (Wildman–Crippen MR) is 128 cm³/mol. The fourth-order valence-corrected chi connectivity index (χ4v) is 4.08. The van der Waals surface area contributed by atoms with Crippen LogP contribution in [-0.4, -0.2) is 30.9 Å². The molecule has 8 nitrogen and oxygen atoms in total. The topological polar surface area (TPSA) is 110 Å². The number of nitrogens with one attached hydrogen (secondary N) is 2. The quantitative estimate of drug-likeness (QED) is 0.430. The van der Waals surface area contributed by atoms with Crippen LogP contribution < -0.4 is 14.8 Å². The van der Waals surface area contributed by atoms with Crippen LogP contribution in [0.3, 0.4) is 0 Å². The first-order valence-corrected chi connectivity index (χ1v) is 12.2. The third-order valence-electron chi connectivity index (χ3n) is 4.80. The van der Waals surface area contributed by atoms with Crippen LogP contribution in [-0.2, 0) is 21.2 Å². The Kier molecular flexibility index (Phi) is 8.00. The number of anilines is 2. The number of sulfonamides is 1. The molecule has 0 aliphatic carbocycles. The molecule has 0 aliphatic rings. The maximum absolute atomic E-state index is 12.6. The molecule has 2 N–H and O–H groups in total. The molecule has 0 bridgehead atoms. The summed E-state index contributed by atoms with van der Waals surface area (Å²) in [4.78, 5) is 20.4. The summed E-state index contributed by atoms with van der Waals surface area (Å²) >= 11 is 0. The van der Waals surface area contributed by atoms with Crippen LogP contribution in [0.5, 0.6) is 5.75 Å². The highest BCUT2D eigenvalue weighted by Crippen LogP contribution is 2.18. The van der Waals surface area contributed by atoms with Gasteiger partial charge in [-0.3, -0.25) is 4.79 Å². The van der Waals surface area contributed by atoms with Crippen molar-refractivity contribution in [3.8, 4) is 5.75 Å². The number of carbonyl (C=O) groups is 1. The number of aromatic nitrogens is 2. The first kappa shape index (κ1) is 24.2. The summed E-state index contributed by atoms with van der Waals surface area (Å²) in [6.45, 7) is 6.06. The molecule has 0 radical (unpaired) electrons. The average molecular weight is 469 g/mol. The summed E-state index contributed by atoms with van der Waals surface area (Å²) in [5.74, 6) is 0.634. The van der Waals surface area contributed by atoms with Gasteiger partial charge in [-0.05, 0) is 74.7 Å². The Hall–Kier alpha value is -3.46. The number of amides is 1. The highest BCUT2D eigenvalue weighted by Gasteiger charge is 2.16. The molecule has 3 rings (SSSR count). The summed E-state index contributed by atoms with van der Waals surface area (Å²) in [6, 6.07) is 15.6. The molecule has 0 aliphatic heterocycles. The van der Waals surface area contributed by atoms with Gasteiger partial charge in [0, 0.05) is 23.5 Å². The minimum Gasteiger partial charge on any atom is -0.494 e. The number of carbonyl (C=O) groups excluding carboxylic acids is 1. The van der Waals surface area contributed by atoms with Crippen LogP contribution in [0.25, 0.3) is 0 Å². The van der Waals surface area contributed by atoms with Crippen molar-refractivity contribution in [1.29, 1.82) is 0 Å². The SMILES string of the molecule is CCc1ccc(OCCCC(=O)Nc2ccc(S(=O)(=O)Nc3nc(C)cc(C)n3)cc2)cc1. The maximum Gasteiger partial charge on any atom is 0.264 e. The smallest absolute Gasteiger partial charge is 0.264 e. The van der Waals surface area contributed by atoms with Crippen LogP contribution >= 0.6 is 0 Å². The Morgan fingerprint density at radius 2 is 1.61 bits per heavy atom. The van der Waals surface area contributed by atoms with Crippen LogP contribution in [0.1, 0.15) is 36.7 Å². The number of hydrogen-bond acceptors (Lipinski definition) is 6. The van der Waals surface area contributed by atoms with Gasteiger partial charge in [0.05, 0.1) is 11.5 Å². The normalized spacial score (nSPS) is 11.1. The van der Waals surface area contributed by atoms with E-state index in [9.17, 15) is 13.2 Å². The Labute approximate surface area is 194 Å². The molecule has 3 aromatic rings. The third kappa shape index (κ3) is 7.28. The summed E-state index contributed by atoms with van der Waals surface area (Å²) < 4.78 is 33.2. The minimum absolute atomic E-state index is 0.0217. The van der Waals surface area contributed by atoms with Gasteiger partial charge in [0.15, 0.2) is 0 Å². The molecule has 1 aromatic heterocycles. The van der Waals surface area contributed by atoms with E-state index in [-0.39, 0.29) is 16.8 Å². The lowest BCUT2D eigenvalue weighted by atomic mass is 10.2. The van der Waals surface area contributed by atoms with Gasteiger partial charge in [-0.25, -0.2) is 23.1 Å². The summed E-state index contributed by atoms with van der Waals surface area (Å²) in [5.41, 5.74) is 3.09. The van der Waals surface area contributed by atoms with Crippen LogP contribution in [0.2, 0.25) is 0 Å². The van der Waals surface area contributed by atoms with E-state index in [0.29, 0.717) is 36.5 Å². The molecule has 0 atom stereocenters. The molecular formula is C24H28N4O4S. The van der Waals surface area contributed by atoms with Crippen molar-refractivity contribution in [2.24, 2.45) is 0 Å². The van der Waals surface area contributed by atoms with E-state index in [0.717, 1.165) is 12.2 Å². The standard InChI is InChI=1S/C24H28N4O4S/c1-4-19-7-11-21(12-8-19)32-15-5-6-23(29)27-20-9-13-22(14-10-20)33(30,31)28-24-25-17(2)16-18(3)26-24/h7-14,16H,4-6,15H2,1-3H3,(H,27,29)(H,25,26,28). The number of benzene rings is 2. The number of nitrogens with zero attached hydrogens (tertiary/aromatic N) is 2. The number of hydrogen-bond donors (Lipinski definition) is 2. The molecule has 0 saturated carbocycles. The van der Waals surface area contributed by atoms with Crippen molar-refractivity contribution in [3.05, 3.63) is 71.5 Å². The maximum atomic E-state index is 12.6. The summed E-state index contributed by atoms with van der Waals surface area (Å²) in [5, 5.41) is 2.76. The van der Waals surface area contributed by atoms with E-state index in [1.54, 1.807) is 32.0 Å². The molecule has 2 aromatic carbocycles. The average Bonchev–Trinajstić information content (AvgIpc) is 2.76. The second-order valence-electron chi connectivity index (χ2n) is 7.60. The number of ether oxygens (including phenoxy) is 1. The predicted octanol–water partition coefficient (Wildman–Crippen LogP) is 4.25. The van der Waals surface area contributed by atoms with Gasteiger partial charge in [-0.15, -0.1) is 0 Å². The van der Waals surface area contributed by atoms with Gasteiger partial charge in [0.1, 0.15) is 5.75 Å². The minimum atomic E-state index is -3.84. The molecule has 33 heavy (non-hydrogen) atoms. The third-order valence-corrected chi connectivity index (χ3v) is 6.15. The largest absolute Gasteiger partial charge is 0.494 e. The first-order chi connectivity index (χ1) is 15.7. The van der Waals surface area contributed by atoms with Crippen molar-refractivity contribution in [2.45, 2.75) is 44.9 Å². The lowest BCUT2D eigenvalue weighted by molar-refractivity contribution is -0.116. The van der Waals surface area contributed by atoms with Crippen molar-refractivity contribution >= 4 is 27.6 Å². The molecule has 0 saturated heterocycles. The molecule has 1 amide bonds. The van der Waals surface area contributed by atoms with Crippen LogP contribution in [0.4, 0.5) is 11.6 Å². The highest BCUT2D eigenvalue weighted by atomic mass is 32.2. The molecule has 9 heteroatoms. The molecule has 0 spiro atoms. The van der Waals surface area contributed by atoms with Gasteiger partial charge in [0.25, 0.3) is 10.0 Å².